The van der Waals surface area contributed by atoms with Crippen LogP contribution in [0.3, 0.4) is 0 Å². The minimum absolute atomic E-state index is 0.143. The van der Waals surface area contributed by atoms with Gasteiger partial charge in [-0.05, 0) is 0 Å². The van der Waals surface area contributed by atoms with Crippen molar-refractivity contribution in [3.05, 3.63) is 48.6 Å². The maximum atomic E-state index is 12.3. The van der Waals surface area contributed by atoms with E-state index in [0.29, 0.717) is 25.4 Å². The number of rotatable bonds is 2. The first-order chi connectivity index (χ1) is 9.84. The Kier molecular flexibility index (Phi) is 3.60. The Balaban J connectivity index is 1.74. The van der Waals surface area contributed by atoms with Crippen molar-refractivity contribution in [1.82, 2.24) is 24.8 Å². The van der Waals surface area contributed by atoms with E-state index < -0.39 is 0 Å². The molecule has 7 heteroatoms. The smallest absolute Gasteiger partial charge is 0.274 e. The zero-order chi connectivity index (χ0) is 13.8. The van der Waals surface area contributed by atoms with Crippen LogP contribution >= 0.6 is 0 Å². The third kappa shape index (κ3) is 2.62. The molecule has 0 unspecified atom stereocenters. The van der Waals surface area contributed by atoms with Gasteiger partial charge >= 0.3 is 0 Å². The molecule has 3 rings (SSSR count). The minimum atomic E-state index is -0.252. The fraction of sp³-hybridized carbons (Fsp3) is 0.308. The van der Waals surface area contributed by atoms with E-state index in [1.165, 1.54) is 12.4 Å². The second-order valence-electron chi connectivity index (χ2n) is 4.33. The van der Waals surface area contributed by atoms with Crippen LogP contribution in [-0.2, 0) is 4.74 Å². The van der Waals surface area contributed by atoms with Gasteiger partial charge in [-0.2, -0.15) is 0 Å². The highest BCUT2D eigenvalue weighted by Crippen LogP contribution is 2.20. The molecule has 20 heavy (non-hydrogen) atoms. The van der Waals surface area contributed by atoms with Gasteiger partial charge in [0.15, 0.2) is 0 Å². The first kappa shape index (κ1) is 12.6. The lowest BCUT2D eigenvalue weighted by atomic mass is 10.2. The fourth-order valence-corrected chi connectivity index (χ4v) is 2.06. The summed E-state index contributed by atoms with van der Waals surface area (Å²) < 4.78 is 5.65. The third-order valence-electron chi connectivity index (χ3n) is 3.05. The van der Waals surface area contributed by atoms with E-state index in [1.54, 1.807) is 29.7 Å². The van der Waals surface area contributed by atoms with Crippen molar-refractivity contribution >= 4 is 5.91 Å². The lowest BCUT2D eigenvalue weighted by molar-refractivity contribution is -0.0251. The number of hydrogen-bond donors (Lipinski definition) is 0. The Bertz CT molecular complexity index is 578. The number of nitrogens with zero attached hydrogens (tertiary/aromatic N) is 5. The van der Waals surface area contributed by atoms with Gasteiger partial charge in [0.25, 0.3) is 5.91 Å². The second-order valence-corrected chi connectivity index (χ2v) is 4.33. The topological polar surface area (TPSA) is 81.1 Å². The van der Waals surface area contributed by atoms with E-state index in [9.17, 15) is 4.79 Å². The van der Waals surface area contributed by atoms with Gasteiger partial charge in [0.1, 0.15) is 11.8 Å². The predicted molar refractivity (Wildman–Crippen MR) is 68.7 cm³/mol. The van der Waals surface area contributed by atoms with Gasteiger partial charge in [0.2, 0.25) is 0 Å². The lowest BCUT2D eigenvalue weighted by Gasteiger charge is -2.32. The van der Waals surface area contributed by atoms with Crippen LogP contribution in [0.15, 0.2) is 37.2 Å². The van der Waals surface area contributed by atoms with Crippen LogP contribution < -0.4 is 0 Å². The largest absolute Gasteiger partial charge is 0.368 e. The molecule has 1 saturated heterocycles. The first-order valence-corrected chi connectivity index (χ1v) is 6.27. The maximum Gasteiger partial charge on any atom is 0.274 e. The lowest BCUT2D eigenvalue weighted by Crippen LogP contribution is -2.42. The monoisotopic (exact) mass is 271 g/mol. The van der Waals surface area contributed by atoms with Crippen LogP contribution in [-0.4, -0.2) is 50.4 Å². The number of morpholine rings is 1. The van der Waals surface area contributed by atoms with Gasteiger partial charge in [-0.3, -0.25) is 19.7 Å². The molecule has 1 atom stereocenters. The van der Waals surface area contributed by atoms with Crippen LogP contribution in [0.5, 0.6) is 0 Å². The highest BCUT2D eigenvalue weighted by atomic mass is 16.5. The van der Waals surface area contributed by atoms with Gasteiger partial charge < -0.3 is 9.64 Å². The molecule has 1 aliphatic heterocycles. The summed E-state index contributed by atoms with van der Waals surface area (Å²) in [5.74, 6) is -0.143. The van der Waals surface area contributed by atoms with Crippen LogP contribution in [0, 0.1) is 0 Å². The van der Waals surface area contributed by atoms with E-state index in [-0.39, 0.29) is 12.0 Å². The highest BCUT2D eigenvalue weighted by molar-refractivity contribution is 5.92. The Morgan fingerprint density at radius 3 is 2.65 bits per heavy atom. The summed E-state index contributed by atoms with van der Waals surface area (Å²) in [6, 6.07) is 0. The zero-order valence-corrected chi connectivity index (χ0v) is 10.7. The first-order valence-electron chi connectivity index (χ1n) is 6.27. The predicted octanol–water partition coefficient (Wildman–Crippen LogP) is 0.480. The average Bonchev–Trinajstić information content (AvgIpc) is 2.56. The second kappa shape index (κ2) is 5.70. The Hall–Kier alpha value is -2.41. The Morgan fingerprint density at radius 2 is 1.95 bits per heavy atom. The normalized spacial score (nSPS) is 18.8. The number of ether oxygens (including phenoxy) is 1. The van der Waals surface area contributed by atoms with Crippen LogP contribution in [0.25, 0.3) is 0 Å². The molecule has 1 aliphatic rings. The molecular formula is C13H13N5O2. The van der Waals surface area contributed by atoms with E-state index >= 15 is 0 Å². The molecule has 0 bridgehead atoms. The van der Waals surface area contributed by atoms with Gasteiger partial charge in [0.05, 0.1) is 31.2 Å². The number of carbonyl (C=O) groups excluding carboxylic acids is 1. The molecule has 7 nitrogen and oxygen atoms in total. The molecule has 3 heterocycles. The van der Waals surface area contributed by atoms with E-state index in [4.69, 9.17) is 4.74 Å². The molecule has 1 fully saturated rings. The van der Waals surface area contributed by atoms with Crippen molar-refractivity contribution in [3.8, 4) is 0 Å². The molecule has 0 spiro atoms. The molecule has 2 aromatic heterocycles. The summed E-state index contributed by atoms with van der Waals surface area (Å²) in [6.45, 7) is 1.44. The quantitative estimate of drug-likeness (QED) is 0.790. The zero-order valence-electron chi connectivity index (χ0n) is 10.7. The summed E-state index contributed by atoms with van der Waals surface area (Å²) in [5.41, 5.74) is 1.07. The Labute approximate surface area is 115 Å². The molecule has 102 valence electrons. The molecule has 0 aliphatic carbocycles. The molecule has 0 aromatic carbocycles. The molecule has 0 saturated carbocycles. The van der Waals surface area contributed by atoms with Gasteiger partial charge in [-0.15, -0.1) is 0 Å². The standard InChI is InChI=1S/C13H13N5O2/c19-13(11-8-15-2-4-17-11)18-5-6-20-12(9-18)10-7-14-1-3-16-10/h1-4,7-8,12H,5-6,9H2/t12-/m1/s1. The molecule has 1 amide bonds. The van der Waals surface area contributed by atoms with Crippen molar-refractivity contribution in [1.29, 1.82) is 0 Å². The van der Waals surface area contributed by atoms with Gasteiger partial charge in [0, 0.05) is 31.3 Å². The highest BCUT2D eigenvalue weighted by Gasteiger charge is 2.27. The Morgan fingerprint density at radius 1 is 1.15 bits per heavy atom. The van der Waals surface area contributed by atoms with E-state index in [2.05, 4.69) is 19.9 Å². The number of hydrogen-bond acceptors (Lipinski definition) is 6. The SMILES string of the molecule is O=C(c1cnccn1)N1CCO[C@@H](c2cnccn2)C1. The van der Waals surface area contributed by atoms with E-state index in [0.717, 1.165) is 5.69 Å². The summed E-state index contributed by atoms with van der Waals surface area (Å²) in [4.78, 5) is 30.2. The summed E-state index contributed by atoms with van der Waals surface area (Å²) in [5, 5.41) is 0. The number of aromatic nitrogens is 4. The van der Waals surface area contributed by atoms with Crippen LogP contribution in [0.1, 0.15) is 22.3 Å². The van der Waals surface area contributed by atoms with Gasteiger partial charge in [-0.25, -0.2) is 4.98 Å². The average molecular weight is 271 g/mol. The molecule has 0 radical (unpaired) electrons. The maximum absolute atomic E-state index is 12.3. The third-order valence-corrected chi connectivity index (χ3v) is 3.05. The minimum Gasteiger partial charge on any atom is -0.368 e. The van der Waals surface area contributed by atoms with Crippen molar-refractivity contribution in [3.63, 3.8) is 0 Å². The van der Waals surface area contributed by atoms with Crippen molar-refractivity contribution in [2.24, 2.45) is 0 Å². The van der Waals surface area contributed by atoms with Crippen molar-refractivity contribution in [2.75, 3.05) is 19.7 Å². The molecule has 0 N–H and O–H groups in total. The van der Waals surface area contributed by atoms with Crippen LogP contribution in [0.4, 0.5) is 0 Å². The van der Waals surface area contributed by atoms with Crippen LogP contribution in [0.2, 0.25) is 0 Å². The molecule has 2 aromatic rings. The van der Waals surface area contributed by atoms with E-state index in [1.807, 2.05) is 0 Å². The van der Waals surface area contributed by atoms with Crippen molar-refractivity contribution in [2.45, 2.75) is 6.10 Å². The number of amides is 1. The molecular weight excluding hydrogens is 258 g/mol. The number of carbonyl (C=O) groups is 1. The fourth-order valence-electron chi connectivity index (χ4n) is 2.06. The summed E-state index contributed by atoms with van der Waals surface area (Å²) in [7, 11) is 0. The summed E-state index contributed by atoms with van der Waals surface area (Å²) in [6.07, 6.45) is 9.14. The van der Waals surface area contributed by atoms with Gasteiger partial charge in [-0.1, -0.05) is 0 Å². The van der Waals surface area contributed by atoms with Crippen molar-refractivity contribution < 1.29 is 9.53 Å². The summed E-state index contributed by atoms with van der Waals surface area (Å²) >= 11 is 0.